The highest BCUT2D eigenvalue weighted by molar-refractivity contribution is 6.93. The van der Waals surface area contributed by atoms with Gasteiger partial charge in [-0.25, -0.2) is 0 Å². The van der Waals surface area contributed by atoms with E-state index in [2.05, 4.69) is 56.2 Å². The van der Waals surface area contributed by atoms with E-state index in [1.165, 1.54) is 10.9 Å². The van der Waals surface area contributed by atoms with E-state index in [0.29, 0.717) is 0 Å². The fraction of sp³-hybridized carbons (Fsp3) is 0.400. The van der Waals surface area contributed by atoms with E-state index < -0.39 is 8.07 Å². The van der Waals surface area contributed by atoms with E-state index in [1.807, 2.05) is 0 Å². The van der Waals surface area contributed by atoms with E-state index in [1.54, 1.807) is 0 Å². The zero-order valence-corrected chi connectivity index (χ0v) is 9.39. The lowest BCUT2D eigenvalue weighted by molar-refractivity contribution is 0.912. The normalized spacial score (nSPS) is 11.7. The molecular weight excluding hydrogens is 162 g/mol. The second kappa shape index (κ2) is 2.94. The molecule has 0 aliphatic heterocycles. The van der Waals surface area contributed by atoms with E-state index in [9.17, 15) is 0 Å². The molecule has 12 heavy (non-hydrogen) atoms. The van der Waals surface area contributed by atoms with Gasteiger partial charge in [-0.3, -0.25) is 0 Å². The van der Waals surface area contributed by atoms with Crippen molar-refractivity contribution in [3.05, 3.63) is 30.6 Å². The molecule has 1 heterocycles. The Morgan fingerprint density at radius 3 is 2.33 bits per heavy atom. The Morgan fingerprint density at radius 1 is 1.42 bits per heavy atom. The summed E-state index contributed by atoms with van der Waals surface area (Å²) in [6, 6.07) is 4.21. The summed E-state index contributed by atoms with van der Waals surface area (Å²) < 4.78 is 2.14. The summed E-state index contributed by atoms with van der Waals surface area (Å²) in [5, 5.41) is 1.33. The molecule has 0 aromatic carbocycles. The molecule has 0 atom stereocenters. The molecule has 0 radical (unpaired) electrons. The van der Waals surface area contributed by atoms with Gasteiger partial charge in [0.25, 0.3) is 0 Å². The van der Waals surface area contributed by atoms with Gasteiger partial charge in [0, 0.05) is 18.9 Å². The van der Waals surface area contributed by atoms with Gasteiger partial charge in [-0.2, -0.15) is 0 Å². The minimum absolute atomic E-state index is 1.21. The first-order valence-electron chi connectivity index (χ1n) is 4.24. The van der Waals surface area contributed by atoms with Crippen molar-refractivity contribution in [3.63, 3.8) is 0 Å². The van der Waals surface area contributed by atoms with Gasteiger partial charge in [-0.05, 0) is 17.3 Å². The van der Waals surface area contributed by atoms with Gasteiger partial charge in [0.2, 0.25) is 0 Å². The third kappa shape index (κ3) is 1.69. The quantitative estimate of drug-likeness (QED) is 0.615. The Hall–Kier alpha value is -0.763. The molecule has 0 amide bonds. The lowest BCUT2D eigenvalue weighted by atomic mass is 10.4. The highest BCUT2D eigenvalue weighted by atomic mass is 28.3. The predicted octanol–water partition coefficient (Wildman–Crippen LogP) is 2.92. The van der Waals surface area contributed by atoms with Gasteiger partial charge < -0.3 is 4.57 Å². The standard InChI is InChI=1S/C10H17NSi/c1-9(12(3,4)5)10-7-6-8-11(10)2/h6-8H,1H2,2-5H3. The molecule has 1 rings (SSSR count). The van der Waals surface area contributed by atoms with Crippen LogP contribution < -0.4 is 0 Å². The Bertz CT molecular complexity index is 291. The van der Waals surface area contributed by atoms with Gasteiger partial charge in [0.15, 0.2) is 0 Å². The molecule has 0 spiro atoms. The van der Waals surface area contributed by atoms with Gasteiger partial charge in [0.1, 0.15) is 0 Å². The second-order valence-electron chi connectivity index (χ2n) is 4.23. The topological polar surface area (TPSA) is 4.93 Å². The van der Waals surface area contributed by atoms with Crippen molar-refractivity contribution >= 4 is 13.3 Å². The van der Waals surface area contributed by atoms with E-state index >= 15 is 0 Å². The predicted molar refractivity (Wildman–Crippen MR) is 57.8 cm³/mol. The van der Waals surface area contributed by atoms with E-state index in [0.717, 1.165) is 0 Å². The molecule has 0 fully saturated rings. The van der Waals surface area contributed by atoms with Crippen molar-refractivity contribution < 1.29 is 0 Å². The van der Waals surface area contributed by atoms with Gasteiger partial charge in [-0.1, -0.05) is 26.2 Å². The third-order valence-corrected chi connectivity index (χ3v) is 4.23. The summed E-state index contributed by atoms with van der Waals surface area (Å²) in [6.45, 7) is 11.1. The van der Waals surface area contributed by atoms with Crippen molar-refractivity contribution in [2.45, 2.75) is 19.6 Å². The molecule has 1 aromatic heterocycles. The molecule has 0 saturated heterocycles. The van der Waals surface area contributed by atoms with Crippen LogP contribution in [0.4, 0.5) is 0 Å². The molecule has 0 aliphatic rings. The fourth-order valence-electron chi connectivity index (χ4n) is 1.16. The van der Waals surface area contributed by atoms with Crippen LogP contribution in [0, 0.1) is 0 Å². The monoisotopic (exact) mass is 179 g/mol. The molecule has 1 aromatic rings. The average molecular weight is 179 g/mol. The number of nitrogens with zero attached hydrogens (tertiary/aromatic N) is 1. The Kier molecular flexibility index (Phi) is 2.28. The minimum Gasteiger partial charge on any atom is -0.351 e. The third-order valence-electron chi connectivity index (χ3n) is 2.16. The van der Waals surface area contributed by atoms with Crippen LogP contribution in [0.15, 0.2) is 24.9 Å². The largest absolute Gasteiger partial charge is 0.351 e. The van der Waals surface area contributed by atoms with E-state index in [-0.39, 0.29) is 0 Å². The summed E-state index contributed by atoms with van der Waals surface area (Å²) in [5.74, 6) is 0. The molecule has 0 aliphatic carbocycles. The van der Waals surface area contributed by atoms with Crippen molar-refractivity contribution in [1.29, 1.82) is 0 Å². The van der Waals surface area contributed by atoms with Crippen LogP contribution in [0.5, 0.6) is 0 Å². The highest BCUT2D eigenvalue weighted by Gasteiger charge is 2.20. The first-order valence-corrected chi connectivity index (χ1v) is 7.74. The lowest BCUT2D eigenvalue weighted by Crippen LogP contribution is -2.23. The lowest BCUT2D eigenvalue weighted by Gasteiger charge is -2.20. The summed E-state index contributed by atoms with van der Waals surface area (Å²) in [4.78, 5) is 0. The van der Waals surface area contributed by atoms with Gasteiger partial charge >= 0.3 is 0 Å². The molecule has 2 heteroatoms. The zero-order valence-electron chi connectivity index (χ0n) is 8.39. The first kappa shape index (κ1) is 9.33. The molecule has 0 bridgehead atoms. The number of hydrogen-bond donors (Lipinski definition) is 0. The van der Waals surface area contributed by atoms with Crippen LogP contribution >= 0.6 is 0 Å². The number of hydrogen-bond acceptors (Lipinski definition) is 0. The molecule has 0 saturated carbocycles. The maximum absolute atomic E-state index is 4.17. The summed E-state index contributed by atoms with van der Waals surface area (Å²) in [7, 11) is 0.858. The first-order chi connectivity index (χ1) is 5.43. The number of aryl methyl sites for hydroxylation is 1. The zero-order chi connectivity index (χ0) is 9.35. The van der Waals surface area contributed by atoms with Crippen LogP contribution in [0.2, 0.25) is 19.6 Å². The van der Waals surface area contributed by atoms with Crippen molar-refractivity contribution in [3.8, 4) is 0 Å². The van der Waals surface area contributed by atoms with Crippen molar-refractivity contribution in [1.82, 2.24) is 4.57 Å². The minimum atomic E-state index is -1.21. The van der Waals surface area contributed by atoms with Crippen LogP contribution in [-0.4, -0.2) is 12.6 Å². The van der Waals surface area contributed by atoms with Crippen LogP contribution in [0.3, 0.4) is 0 Å². The number of rotatable bonds is 2. The van der Waals surface area contributed by atoms with E-state index in [4.69, 9.17) is 0 Å². The highest BCUT2D eigenvalue weighted by Crippen LogP contribution is 2.23. The average Bonchev–Trinajstić information content (AvgIpc) is 2.31. The van der Waals surface area contributed by atoms with Crippen LogP contribution in [0.25, 0.3) is 5.20 Å². The molecule has 0 unspecified atom stereocenters. The molecule has 66 valence electrons. The van der Waals surface area contributed by atoms with Gasteiger partial charge in [0.05, 0.1) is 8.07 Å². The number of aromatic nitrogens is 1. The molecular formula is C10H17NSi. The summed E-state index contributed by atoms with van der Waals surface area (Å²) >= 11 is 0. The van der Waals surface area contributed by atoms with Crippen molar-refractivity contribution in [2.75, 3.05) is 0 Å². The Morgan fingerprint density at radius 2 is 2.00 bits per heavy atom. The van der Waals surface area contributed by atoms with Crippen LogP contribution in [-0.2, 0) is 7.05 Å². The maximum Gasteiger partial charge on any atom is 0.0795 e. The second-order valence-corrected chi connectivity index (χ2v) is 9.34. The summed E-state index contributed by atoms with van der Waals surface area (Å²) in [6.07, 6.45) is 2.07. The smallest absolute Gasteiger partial charge is 0.0795 e. The van der Waals surface area contributed by atoms with Crippen LogP contribution in [0.1, 0.15) is 5.69 Å². The Labute approximate surface area is 75.7 Å². The van der Waals surface area contributed by atoms with Crippen molar-refractivity contribution in [2.24, 2.45) is 7.05 Å². The maximum atomic E-state index is 4.17. The molecule has 0 N–H and O–H groups in total. The summed E-state index contributed by atoms with van der Waals surface area (Å²) in [5.41, 5.74) is 1.29. The fourth-order valence-corrected chi connectivity index (χ4v) is 2.19. The van der Waals surface area contributed by atoms with Gasteiger partial charge in [-0.15, -0.1) is 0 Å². The SMILES string of the molecule is C=C(c1cccn1C)[Si](C)(C)C. The molecule has 1 nitrogen and oxygen atoms in total. The Balaban J connectivity index is 3.01.